The summed E-state index contributed by atoms with van der Waals surface area (Å²) in [6.07, 6.45) is 2.69. The van der Waals surface area contributed by atoms with Gasteiger partial charge in [-0.15, -0.1) is 0 Å². The van der Waals surface area contributed by atoms with Gasteiger partial charge >= 0.3 is 0 Å². The molecule has 0 aromatic heterocycles. The molecule has 2 rings (SSSR count). The van der Waals surface area contributed by atoms with E-state index in [-0.39, 0.29) is 6.54 Å². The molecule has 2 nitrogen and oxygen atoms in total. The van der Waals surface area contributed by atoms with Crippen LogP contribution in [0, 0.1) is 0 Å². The maximum atomic E-state index is 9.73. The molecule has 0 aliphatic heterocycles. The molecule has 1 aromatic carbocycles. The highest BCUT2D eigenvalue weighted by molar-refractivity contribution is 6.30. The molecular weight excluding hydrogens is 198 g/mol. The maximum Gasteiger partial charge on any atom is 0.0915 e. The van der Waals surface area contributed by atoms with E-state index in [2.05, 4.69) is 0 Å². The molecule has 3 N–H and O–H groups in total. The summed E-state index contributed by atoms with van der Waals surface area (Å²) < 4.78 is 0. The van der Waals surface area contributed by atoms with Crippen molar-refractivity contribution in [3.63, 3.8) is 0 Å². The third-order valence-corrected chi connectivity index (χ3v) is 3.01. The summed E-state index contributed by atoms with van der Waals surface area (Å²) in [7, 11) is 0. The zero-order valence-corrected chi connectivity index (χ0v) is 8.72. The number of halogens is 1. The van der Waals surface area contributed by atoms with Crippen LogP contribution in [0.1, 0.15) is 29.2 Å². The van der Waals surface area contributed by atoms with Crippen LogP contribution in [-0.4, -0.2) is 11.7 Å². The Morgan fingerprint density at radius 2 is 2.21 bits per heavy atom. The lowest BCUT2D eigenvalue weighted by molar-refractivity contribution is 0.186. The molecule has 0 radical (unpaired) electrons. The lowest BCUT2D eigenvalue weighted by atomic mass is 9.99. The molecule has 0 saturated carbocycles. The third-order valence-electron chi connectivity index (χ3n) is 2.80. The summed E-state index contributed by atoms with van der Waals surface area (Å²) in [6.45, 7) is 0.257. The molecule has 1 atom stereocenters. The lowest BCUT2D eigenvalue weighted by Gasteiger charge is -2.13. The van der Waals surface area contributed by atoms with Crippen LogP contribution in [0.15, 0.2) is 12.1 Å². The molecular formula is C11H14ClNO. The standard InChI is InChI=1S/C11H14ClNO/c12-8-4-7-2-1-3-9(7)10(5-8)11(14)6-13/h4-5,11,14H,1-3,6,13H2. The van der Waals surface area contributed by atoms with Gasteiger partial charge in [-0.25, -0.2) is 0 Å². The van der Waals surface area contributed by atoms with E-state index in [0.29, 0.717) is 5.02 Å². The van der Waals surface area contributed by atoms with Crippen molar-refractivity contribution in [3.05, 3.63) is 33.8 Å². The Kier molecular flexibility index (Phi) is 2.77. The molecule has 3 heteroatoms. The first-order valence-electron chi connectivity index (χ1n) is 4.91. The number of benzene rings is 1. The number of rotatable bonds is 2. The van der Waals surface area contributed by atoms with Gasteiger partial charge in [0.25, 0.3) is 0 Å². The summed E-state index contributed by atoms with van der Waals surface area (Å²) in [5, 5.41) is 10.4. The van der Waals surface area contributed by atoms with Gasteiger partial charge < -0.3 is 10.8 Å². The topological polar surface area (TPSA) is 46.2 Å². The second kappa shape index (κ2) is 3.89. The number of hydrogen-bond donors (Lipinski definition) is 2. The molecule has 0 amide bonds. The lowest BCUT2D eigenvalue weighted by Crippen LogP contribution is -2.13. The highest BCUT2D eigenvalue weighted by atomic mass is 35.5. The Morgan fingerprint density at radius 1 is 1.43 bits per heavy atom. The second-order valence-corrected chi connectivity index (χ2v) is 4.17. The van der Waals surface area contributed by atoms with E-state index in [1.54, 1.807) is 0 Å². The van der Waals surface area contributed by atoms with Crippen LogP contribution in [0.2, 0.25) is 5.02 Å². The SMILES string of the molecule is NCC(O)c1cc(Cl)cc2c1CCC2. The molecule has 14 heavy (non-hydrogen) atoms. The number of hydrogen-bond acceptors (Lipinski definition) is 2. The van der Waals surface area contributed by atoms with Crippen LogP contribution in [0.5, 0.6) is 0 Å². The van der Waals surface area contributed by atoms with Gasteiger partial charge in [-0.2, -0.15) is 0 Å². The van der Waals surface area contributed by atoms with Crippen LogP contribution < -0.4 is 5.73 Å². The van der Waals surface area contributed by atoms with E-state index in [1.165, 1.54) is 11.1 Å². The maximum absolute atomic E-state index is 9.73. The first-order chi connectivity index (χ1) is 6.72. The Morgan fingerprint density at radius 3 is 2.93 bits per heavy atom. The van der Waals surface area contributed by atoms with Crippen LogP contribution in [0.3, 0.4) is 0 Å². The average molecular weight is 212 g/mol. The van der Waals surface area contributed by atoms with Crippen molar-refractivity contribution >= 4 is 11.6 Å². The Labute approximate surface area is 88.7 Å². The minimum absolute atomic E-state index is 0.257. The Hall–Kier alpha value is -0.570. The summed E-state index contributed by atoms with van der Waals surface area (Å²) >= 11 is 5.98. The number of aliphatic hydroxyl groups is 1. The molecule has 0 fully saturated rings. The van der Waals surface area contributed by atoms with Gasteiger partial charge in [0.05, 0.1) is 6.10 Å². The molecule has 1 unspecified atom stereocenters. The van der Waals surface area contributed by atoms with Gasteiger partial charge in [-0.05, 0) is 48.1 Å². The minimum atomic E-state index is -0.569. The largest absolute Gasteiger partial charge is 0.387 e. The number of nitrogens with two attached hydrogens (primary N) is 1. The van der Waals surface area contributed by atoms with Crippen molar-refractivity contribution in [2.45, 2.75) is 25.4 Å². The second-order valence-electron chi connectivity index (χ2n) is 3.74. The van der Waals surface area contributed by atoms with Gasteiger partial charge in [0.1, 0.15) is 0 Å². The average Bonchev–Trinajstić information content (AvgIpc) is 2.62. The van der Waals surface area contributed by atoms with Crippen molar-refractivity contribution in [1.82, 2.24) is 0 Å². The third kappa shape index (κ3) is 1.65. The van der Waals surface area contributed by atoms with Crippen LogP contribution in [0.4, 0.5) is 0 Å². The molecule has 76 valence electrons. The molecule has 1 aliphatic rings. The highest BCUT2D eigenvalue weighted by Gasteiger charge is 2.19. The van der Waals surface area contributed by atoms with Crippen molar-refractivity contribution < 1.29 is 5.11 Å². The van der Waals surface area contributed by atoms with Crippen molar-refractivity contribution in [3.8, 4) is 0 Å². The number of aliphatic hydroxyl groups excluding tert-OH is 1. The van der Waals surface area contributed by atoms with E-state index in [0.717, 1.165) is 24.8 Å². The molecule has 0 heterocycles. The molecule has 1 aliphatic carbocycles. The summed E-state index contributed by atoms with van der Waals surface area (Å²) in [5.41, 5.74) is 8.91. The van der Waals surface area contributed by atoms with Crippen LogP contribution in [0.25, 0.3) is 0 Å². The van der Waals surface area contributed by atoms with Gasteiger partial charge in [0, 0.05) is 11.6 Å². The predicted molar refractivity (Wildman–Crippen MR) is 57.5 cm³/mol. The van der Waals surface area contributed by atoms with E-state index >= 15 is 0 Å². The number of fused-ring (bicyclic) bond motifs is 1. The smallest absolute Gasteiger partial charge is 0.0915 e. The van der Waals surface area contributed by atoms with Gasteiger partial charge in [0.15, 0.2) is 0 Å². The zero-order valence-electron chi connectivity index (χ0n) is 7.96. The first kappa shape index (κ1) is 9.97. The van der Waals surface area contributed by atoms with E-state index in [9.17, 15) is 5.11 Å². The highest BCUT2D eigenvalue weighted by Crippen LogP contribution is 2.31. The van der Waals surface area contributed by atoms with E-state index < -0.39 is 6.10 Å². The molecule has 0 bridgehead atoms. The van der Waals surface area contributed by atoms with E-state index in [1.807, 2.05) is 12.1 Å². The fourth-order valence-electron chi connectivity index (χ4n) is 2.12. The summed E-state index contributed by atoms with van der Waals surface area (Å²) in [5.74, 6) is 0. The fraction of sp³-hybridized carbons (Fsp3) is 0.455. The summed E-state index contributed by atoms with van der Waals surface area (Å²) in [4.78, 5) is 0. The van der Waals surface area contributed by atoms with Gasteiger partial charge in [-0.3, -0.25) is 0 Å². The Balaban J connectivity index is 2.48. The monoisotopic (exact) mass is 211 g/mol. The van der Waals surface area contributed by atoms with Crippen molar-refractivity contribution in [1.29, 1.82) is 0 Å². The van der Waals surface area contributed by atoms with E-state index in [4.69, 9.17) is 17.3 Å². The van der Waals surface area contributed by atoms with Crippen LogP contribution >= 0.6 is 11.6 Å². The van der Waals surface area contributed by atoms with Crippen LogP contribution in [-0.2, 0) is 12.8 Å². The first-order valence-corrected chi connectivity index (χ1v) is 5.29. The van der Waals surface area contributed by atoms with Crippen molar-refractivity contribution in [2.24, 2.45) is 5.73 Å². The zero-order chi connectivity index (χ0) is 10.1. The minimum Gasteiger partial charge on any atom is -0.387 e. The normalized spacial score (nSPS) is 16.8. The Bertz CT molecular complexity index is 351. The molecule has 0 spiro atoms. The quantitative estimate of drug-likeness (QED) is 0.784. The number of aryl methyl sites for hydroxylation is 1. The van der Waals surface area contributed by atoms with Crippen molar-refractivity contribution in [2.75, 3.05) is 6.54 Å². The van der Waals surface area contributed by atoms with Gasteiger partial charge in [0.2, 0.25) is 0 Å². The molecule has 0 saturated heterocycles. The summed E-state index contributed by atoms with van der Waals surface area (Å²) in [6, 6.07) is 3.83. The fourth-order valence-corrected chi connectivity index (χ4v) is 2.37. The van der Waals surface area contributed by atoms with Gasteiger partial charge in [-0.1, -0.05) is 11.6 Å². The molecule has 1 aromatic rings. The predicted octanol–water partition coefficient (Wildman–Crippen LogP) is 1.82.